The van der Waals surface area contributed by atoms with E-state index in [4.69, 9.17) is 0 Å². The van der Waals surface area contributed by atoms with Crippen LogP contribution in [-0.2, 0) is 0 Å². The van der Waals surface area contributed by atoms with Crippen LogP contribution in [0.15, 0.2) is 84.9 Å². The highest BCUT2D eigenvalue weighted by molar-refractivity contribution is 7.42. The van der Waals surface area contributed by atoms with Crippen molar-refractivity contribution in [1.29, 1.82) is 0 Å². The van der Waals surface area contributed by atoms with Crippen molar-refractivity contribution in [2.24, 2.45) is 0 Å². The minimum Gasteiger partial charge on any atom is -0.338 e. The van der Waals surface area contributed by atoms with E-state index in [1.54, 1.807) is 0 Å². The lowest BCUT2D eigenvalue weighted by atomic mass is 9.88. The first-order chi connectivity index (χ1) is 15.2. The van der Waals surface area contributed by atoms with Gasteiger partial charge in [0.2, 0.25) is 0 Å². The fourth-order valence-electron chi connectivity index (χ4n) is 5.24. The second kappa shape index (κ2) is 9.06. The lowest BCUT2D eigenvalue weighted by Gasteiger charge is -2.41. The van der Waals surface area contributed by atoms with Gasteiger partial charge in [-0.05, 0) is 45.5 Å². The molecular weight excluding hydrogens is 401 g/mol. The van der Waals surface area contributed by atoms with Crippen molar-refractivity contribution < 1.29 is 9.79 Å². The van der Waals surface area contributed by atoms with E-state index in [2.05, 4.69) is 84.9 Å². The standard InChI is InChI=1S/C27H28NO2P/c29-31(30)28(22-14-2-1-3-15-22)27(25-18-8-12-20-10-4-6-16-23(20)25)26-19-9-13-21-11-5-7-17-24(21)26/h4-13,16-19,22,27,29-30H,1-3,14-15H2. The highest BCUT2D eigenvalue weighted by Crippen LogP contribution is 2.49. The van der Waals surface area contributed by atoms with E-state index in [9.17, 15) is 9.79 Å². The Morgan fingerprint density at radius 3 is 1.65 bits per heavy atom. The zero-order valence-electron chi connectivity index (χ0n) is 17.6. The summed E-state index contributed by atoms with van der Waals surface area (Å²) < 4.78 is 2.01. The highest BCUT2D eigenvalue weighted by atomic mass is 31.2. The van der Waals surface area contributed by atoms with Crippen molar-refractivity contribution in [3.05, 3.63) is 96.1 Å². The van der Waals surface area contributed by atoms with Crippen molar-refractivity contribution in [1.82, 2.24) is 4.67 Å². The Bertz CT molecular complexity index is 1100. The average Bonchev–Trinajstić information content (AvgIpc) is 2.82. The normalized spacial score (nSPS) is 15.5. The fourth-order valence-corrected chi connectivity index (χ4v) is 6.21. The zero-order valence-corrected chi connectivity index (χ0v) is 18.5. The molecule has 4 aromatic carbocycles. The molecule has 31 heavy (non-hydrogen) atoms. The summed E-state index contributed by atoms with van der Waals surface area (Å²) in [4.78, 5) is 21.5. The average molecular weight is 430 g/mol. The van der Waals surface area contributed by atoms with Gasteiger partial charge in [0.05, 0.1) is 6.04 Å². The molecule has 2 N–H and O–H groups in total. The molecule has 0 bridgehead atoms. The molecule has 0 saturated heterocycles. The SMILES string of the molecule is OP(O)N(C1CCCCC1)C(c1cccc2ccccc12)c1cccc2ccccc12. The molecule has 1 aliphatic rings. The van der Waals surface area contributed by atoms with Gasteiger partial charge in [-0.2, -0.15) is 0 Å². The molecule has 1 saturated carbocycles. The van der Waals surface area contributed by atoms with Crippen LogP contribution in [0.3, 0.4) is 0 Å². The van der Waals surface area contributed by atoms with Crippen LogP contribution in [-0.4, -0.2) is 20.5 Å². The Kier molecular flexibility index (Phi) is 6.02. The van der Waals surface area contributed by atoms with Gasteiger partial charge in [-0.25, -0.2) is 4.67 Å². The molecule has 3 nitrogen and oxygen atoms in total. The van der Waals surface area contributed by atoms with Gasteiger partial charge in [0.25, 0.3) is 8.53 Å². The van der Waals surface area contributed by atoms with Gasteiger partial charge >= 0.3 is 0 Å². The smallest absolute Gasteiger partial charge is 0.254 e. The van der Waals surface area contributed by atoms with Crippen LogP contribution < -0.4 is 0 Å². The molecule has 0 amide bonds. The molecule has 0 aromatic heterocycles. The van der Waals surface area contributed by atoms with Gasteiger partial charge in [0, 0.05) is 6.04 Å². The summed E-state index contributed by atoms with van der Waals surface area (Å²) in [5.41, 5.74) is 2.27. The first-order valence-electron chi connectivity index (χ1n) is 11.2. The molecule has 0 spiro atoms. The van der Waals surface area contributed by atoms with Crippen LogP contribution in [0.4, 0.5) is 0 Å². The van der Waals surface area contributed by atoms with Gasteiger partial charge in [-0.15, -0.1) is 0 Å². The van der Waals surface area contributed by atoms with Crippen LogP contribution in [0.5, 0.6) is 0 Å². The quantitative estimate of drug-likeness (QED) is 0.338. The van der Waals surface area contributed by atoms with E-state index < -0.39 is 8.53 Å². The number of nitrogens with zero attached hydrogens (tertiary/aromatic N) is 1. The van der Waals surface area contributed by atoms with Gasteiger partial charge in [0.15, 0.2) is 0 Å². The molecular formula is C27H28NO2P. The Morgan fingerprint density at radius 1 is 0.645 bits per heavy atom. The molecule has 1 fully saturated rings. The van der Waals surface area contributed by atoms with Crippen LogP contribution in [0.25, 0.3) is 21.5 Å². The Labute approximate surface area is 184 Å². The van der Waals surface area contributed by atoms with E-state index in [1.165, 1.54) is 28.0 Å². The van der Waals surface area contributed by atoms with Crippen molar-refractivity contribution >= 4 is 30.1 Å². The monoisotopic (exact) mass is 429 g/mol. The molecule has 1 aliphatic carbocycles. The maximum atomic E-state index is 10.7. The molecule has 158 valence electrons. The first kappa shape index (κ1) is 20.6. The van der Waals surface area contributed by atoms with Gasteiger partial charge in [-0.1, -0.05) is 104 Å². The topological polar surface area (TPSA) is 43.7 Å². The Morgan fingerprint density at radius 2 is 1.13 bits per heavy atom. The van der Waals surface area contributed by atoms with Crippen LogP contribution in [0, 0.1) is 0 Å². The van der Waals surface area contributed by atoms with Crippen LogP contribution >= 0.6 is 8.53 Å². The minimum atomic E-state index is -2.25. The van der Waals surface area contributed by atoms with Crippen LogP contribution in [0.2, 0.25) is 0 Å². The zero-order chi connectivity index (χ0) is 21.2. The predicted octanol–water partition coefficient (Wildman–Crippen LogP) is 6.93. The second-order valence-corrected chi connectivity index (χ2v) is 9.48. The third-order valence-corrected chi connectivity index (χ3v) is 7.63. The van der Waals surface area contributed by atoms with E-state index in [0.29, 0.717) is 0 Å². The summed E-state index contributed by atoms with van der Waals surface area (Å²) >= 11 is 0. The summed E-state index contributed by atoms with van der Waals surface area (Å²) in [6, 6.07) is 29.5. The first-order valence-corrected chi connectivity index (χ1v) is 12.4. The third kappa shape index (κ3) is 4.00. The molecule has 0 unspecified atom stereocenters. The predicted molar refractivity (Wildman–Crippen MR) is 130 cm³/mol. The van der Waals surface area contributed by atoms with E-state index >= 15 is 0 Å². The molecule has 0 heterocycles. The second-order valence-electron chi connectivity index (χ2n) is 8.48. The maximum absolute atomic E-state index is 10.7. The van der Waals surface area contributed by atoms with E-state index in [-0.39, 0.29) is 12.1 Å². The molecule has 0 atom stereocenters. The largest absolute Gasteiger partial charge is 0.338 e. The van der Waals surface area contributed by atoms with Crippen LogP contribution in [0.1, 0.15) is 49.3 Å². The number of rotatable bonds is 5. The Hall–Kier alpha value is -2.29. The van der Waals surface area contributed by atoms with E-state index in [1.807, 2.05) is 4.67 Å². The summed E-state index contributed by atoms with van der Waals surface area (Å²) in [6.45, 7) is 0. The van der Waals surface area contributed by atoms with Crippen molar-refractivity contribution in [2.45, 2.75) is 44.2 Å². The molecule has 4 heteroatoms. The third-order valence-electron chi connectivity index (χ3n) is 6.66. The summed E-state index contributed by atoms with van der Waals surface area (Å²) in [5.74, 6) is 0. The Balaban J connectivity index is 1.77. The van der Waals surface area contributed by atoms with E-state index in [0.717, 1.165) is 36.8 Å². The summed E-state index contributed by atoms with van der Waals surface area (Å²) in [6.07, 6.45) is 5.52. The summed E-state index contributed by atoms with van der Waals surface area (Å²) in [5, 5.41) is 4.68. The molecule has 5 rings (SSSR count). The molecule has 0 radical (unpaired) electrons. The van der Waals surface area contributed by atoms with Gasteiger partial charge in [0.1, 0.15) is 0 Å². The number of fused-ring (bicyclic) bond motifs is 2. The van der Waals surface area contributed by atoms with Gasteiger partial charge < -0.3 is 9.79 Å². The minimum absolute atomic E-state index is 0.165. The van der Waals surface area contributed by atoms with Crippen molar-refractivity contribution in [2.75, 3.05) is 0 Å². The fraction of sp³-hybridized carbons (Fsp3) is 0.259. The molecule has 4 aromatic rings. The lowest BCUT2D eigenvalue weighted by Crippen LogP contribution is -2.36. The lowest BCUT2D eigenvalue weighted by molar-refractivity contribution is 0.197. The van der Waals surface area contributed by atoms with Gasteiger partial charge in [-0.3, -0.25) is 0 Å². The maximum Gasteiger partial charge on any atom is 0.254 e. The number of hydrogen-bond acceptors (Lipinski definition) is 3. The summed E-state index contributed by atoms with van der Waals surface area (Å²) in [7, 11) is -2.25. The number of benzene rings is 4. The molecule has 0 aliphatic heterocycles. The van der Waals surface area contributed by atoms with Crippen molar-refractivity contribution in [3.63, 3.8) is 0 Å². The van der Waals surface area contributed by atoms with Crippen molar-refractivity contribution in [3.8, 4) is 0 Å². The number of hydrogen-bond donors (Lipinski definition) is 2. The highest BCUT2D eigenvalue weighted by Gasteiger charge is 2.36.